The molecule has 1 N–H and O–H groups in total. The van der Waals surface area contributed by atoms with Crippen molar-refractivity contribution in [3.8, 4) is 0 Å². The maximum absolute atomic E-state index is 3.65. The van der Waals surface area contributed by atoms with E-state index >= 15 is 0 Å². The Morgan fingerprint density at radius 3 is 2.10 bits per heavy atom. The zero-order valence-corrected chi connectivity index (χ0v) is 14.1. The fourth-order valence-electron chi connectivity index (χ4n) is 3.18. The van der Waals surface area contributed by atoms with E-state index in [9.17, 15) is 0 Å². The van der Waals surface area contributed by atoms with E-state index in [1.165, 1.54) is 96.8 Å². The minimum Gasteiger partial charge on any atom is -0.315 e. The Labute approximate surface area is 127 Å². The molecular weight excluding hydrogens is 244 g/mol. The molecule has 2 nitrogen and oxygen atoms in total. The van der Waals surface area contributed by atoms with Gasteiger partial charge in [0.2, 0.25) is 0 Å². The Hall–Kier alpha value is -0.0800. The number of nitrogens with zero attached hydrogens (tertiary/aromatic N) is 1. The number of hydrogen-bond donors (Lipinski definition) is 1. The fraction of sp³-hybridized carbons (Fsp3) is 1.00. The molecule has 0 aromatic carbocycles. The molecule has 1 rings (SSSR count). The van der Waals surface area contributed by atoms with Crippen LogP contribution < -0.4 is 5.32 Å². The summed E-state index contributed by atoms with van der Waals surface area (Å²) in [5.41, 5.74) is 0. The molecule has 1 unspecified atom stereocenters. The molecule has 1 fully saturated rings. The average Bonchev–Trinajstić information content (AvgIpc) is 2.50. The second kappa shape index (κ2) is 12.6. The van der Waals surface area contributed by atoms with E-state index in [4.69, 9.17) is 0 Å². The topological polar surface area (TPSA) is 15.3 Å². The molecule has 0 spiro atoms. The third-order valence-corrected chi connectivity index (χ3v) is 4.66. The van der Waals surface area contributed by atoms with Gasteiger partial charge in [-0.1, -0.05) is 58.3 Å². The molecule has 1 saturated heterocycles. The highest BCUT2D eigenvalue weighted by Crippen LogP contribution is 2.11. The summed E-state index contributed by atoms with van der Waals surface area (Å²) in [6.45, 7) is 9.70. The molecule has 0 amide bonds. The Morgan fingerprint density at radius 2 is 1.45 bits per heavy atom. The molecule has 0 saturated carbocycles. The third kappa shape index (κ3) is 8.97. The van der Waals surface area contributed by atoms with Crippen molar-refractivity contribution in [3.63, 3.8) is 0 Å². The van der Waals surface area contributed by atoms with Gasteiger partial charge in [-0.2, -0.15) is 0 Å². The summed E-state index contributed by atoms with van der Waals surface area (Å²) in [5.74, 6) is 0. The maximum atomic E-state index is 3.65. The molecule has 2 heteroatoms. The van der Waals surface area contributed by atoms with Crippen molar-refractivity contribution < 1.29 is 0 Å². The van der Waals surface area contributed by atoms with E-state index in [1.54, 1.807) is 0 Å². The summed E-state index contributed by atoms with van der Waals surface area (Å²) < 4.78 is 0. The highest BCUT2D eigenvalue weighted by atomic mass is 15.2. The second-order valence-corrected chi connectivity index (χ2v) is 6.62. The van der Waals surface area contributed by atoms with Gasteiger partial charge in [-0.25, -0.2) is 0 Å². The van der Waals surface area contributed by atoms with Gasteiger partial charge in [-0.15, -0.1) is 0 Å². The average molecular weight is 283 g/mol. The number of likely N-dealkylation sites (tertiary alicyclic amines) is 1. The molecule has 0 radical (unpaired) electrons. The van der Waals surface area contributed by atoms with Crippen molar-refractivity contribution in [2.45, 2.75) is 90.5 Å². The van der Waals surface area contributed by atoms with Crippen molar-refractivity contribution in [1.29, 1.82) is 0 Å². The minimum absolute atomic E-state index is 0.726. The first-order chi connectivity index (χ1) is 9.84. The van der Waals surface area contributed by atoms with Gasteiger partial charge in [0.25, 0.3) is 0 Å². The summed E-state index contributed by atoms with van der Waals surface area (Å²) in [4.78, 5) is 2.66. The molecule has 1 heterocycles. The van der Waals surface area contributed by atoms with Gasteiger partial charge >= 0.3 is 0 Å². The van der Waals surface area contributed by atoms with Gasteiger partial charge in [0, 0.05) is 12.6 Å². The maximum Gasteiger partial charge on any atom is 0.0192 e. The summed E-state index contributed by atoms with van der Waals surface area (Å²) in [6, 6.07) is 0.726. The van der Waals surface area contributed by atoms with Crippen molar-refractivity contribution >= 4 is 0 Å². The van der Waals surface area contributed by atoms with Crippen molar-refractivity contribution in [1.82, 2.24) is 10.2 Å². The van der Waals surface area contributed by atoms with Gasteiger partial charge in [-0.05, 0) is 45.8 Å². The molecule has 120 valence electrons. The lowest BCUT2D eigenvalue weighted by Crippen LogP contribution is -2.43. The van der Waals surface area contributed by atoms with Crippen LogP contribution >= 0.6 is 0 Å². The molecule has 0 aromatic rings. The van der Waals surface area contributed by atoms with Gasteiger partial charge in [0.15, 0.2) is 0 Å². The molecule has 0 aromatic heterocycles. The van der Waals surface area contributed by atoms with Crippen LogP contribution in [0, 0.1) is 0 Å². The van der Waals surface area contributed by atoms with Crippen molar-refractivity contribution in [3.05, 3.63) is 0 Å². The predicted molar refractivity (Wildman–Crippen MR) is 90.4 cm³/mol. The molecule has 0 bridgehead atoms. The first-order valence-corrected chi connectivity index (χ1v) is 9.29. The molecule has 20 heavy (non-hydrogen) atoms. The predicted octanol–water partition coefficient (Wildman–Crippen LogP) is 4.59. The molecule has 1 aliphatic heterocycles. The van der Waals surface area contributed by atoms with Crippen LogP contribution in [0.25, 0.3) is 0 Å². The smallest absolute Gasteiger partial charge is 0.0192 e. The van der Waals surface area contributed by atoms with Crippen LogP contribution in [-0.2, 0) is 0 Å². The standard InChI is InChI=1S/C18H38N2/c1-3-4-5-6-7-8-9-11-14-19-17-18(2)20-15-12-10-13-16-20/h18-19H,3-17H2,1-2H3. The van der Waals surface area contributed by atoms with Crippen LogP contribution in [-0.4, -0.2) is 37.1 Å². The van der Waals surface area contributed by atoms with E-state index < -0.39 is 0 Å². The monoisotopic (exact) mass is 282 g/mol. The van der Waals surface area contributed by atoms with E-state index in [0.29, 0.717) is 0 Å². The SMILES string of the molecule is CCCCCCCCCCNCC(C)N1CCCCC1. The van der Waals surface area contributed by atoms with Crippen LogP contribution in [0.3, 0.4) is 0 Å². The third-order valence-electron chi connectivity index (χ3n) is 4.66. The highest BCUT2D eigenvalue weighted by Gasteiger charge is 2.15. The second-order valence-electron chi connectivity index (χ2n) is 6.62. The lowest BCUT2D eigenvalue weighted by atomic mass is 10.1. The number of nitrogens with one attached hydrogen (secondary N) is 1. The normalized spacial score (nSPS) is 18.3. The molecular formula is C18H38N2. The zero-order chi connectivity index (χ0) is 14.5. The van der Waals surface area contributed by atoms with Crippen molar-refractivity contribution in [2.75, 3.05) is 26.2 Å². The van der Waals surface area contributed by atoms with E-state index in [2.05, 4.69) is 24.1 Å². The Morgan fingerprint density at radius 1 is 0.850 bits per heavy atom. The van der Waals surface area contributed by atoms with Crippen LogP contribution in [0.4, 0.5) is 0 Å². The molecule has 0 aliphatic carbocycles. The molecule has 1 atom stereocenters. The summed E-state index contributed by atoms with van der Waals surface area (Å²) in [6.07, 6.45) is 15.6. The van der Waals surface area contributed by atoms with Gasteiger partial charge in [0.1, 0.15) is 0 Å². The summed E-state index contributed by atoms with van der Waals surface area (Å²) in [7, 11) is 0. The minimum atomic E-state index is 0.726. The van der Waals surface area contributed by atoms with E-state index in [1.807, 2.05) is 0 Å². The van der Waals surface area contributed by atoms with E-state index in [-0.39, 0.29) is 0 Å². The number of piperidine rings is 1. The van der Waals surface area contributed by atoms with Gasteiger partial charge in [-0.3, -0.25) is 4.90 Å². The number of unbranched alkanes of at least 4 members (excludes halogenated alkanes) is 7. The summed E-state index contributed by atoms with van der Waals surface area (Å²) >= 11 is 0. The summed E-state index contributed by atoms with van der Waals surface area (Å²) in [5, 5.41) is 3.65. The largest absolute Gasteiger partial charge is 0.315 e. The quantitative estimate of drug-likeness (QED) is 0.527. The van der Waals surface area contributed by atoms with Crippen LogP contribution in [0.1, 0.15) is 84.5 Å². The lowest BCUT2D eigenvalue weighted by Gasteiger charge is -2.32. The lowest BCUT2D eigenvalue weighted by molar-refractivity contribution is 0.171. The Kier molecular flexibility index (Phi) is 11.4. The van der Waals surface area contributed by atoms with Crippen LogP contribution in [0.15, 0.2) is 0 Å². The zero-order valence-electron chi connectivity index (χ0n) is 14.1. The van der Waals surface area contributed by atoms with E-state index in [0.717, 1.165) is 6.04 Å². The van der Waals surface area contributed by atoms with Gasteiger partial charge in [0.05, 0.1) is 0 Å². The van der Waals surface area contributed by atoms with Crippen LogP contribution in [0.5, 0.6) is 0 Å². The fourth-order valence-corrected chi connectivity index (χ4v) is 3.18. The molecule has 1 aliphatic rings. The van der Waals surface area contributed by atoms with Crippen LogP contribution in [0.2, 0.25) is 0 Å². The van der Waals surface area contributed by atoms with Crippen molar-refractivity contribution in [2.24, 2.45) is 0 Å². The number of rotatable bonds is 12. The highest BCUT2D eigenvalue weighted by molar-refractivity contribution is 4.73. The number of hydrogen-bond acceptors (Lipinski definition) is 2. The van der Waals surface area contributed by atoms with Gasteiger partial charge < -0.3 is 5.32 Å². The Bertz CT molecular complexity index is 200. The first kappa shape index (κ1) is 18.0. The Balaban J connectivity index is 1.82. The first-order valence-electron chi connectivity index (χ1n) is 9.29.